The summed E-state index contributed by atoms with van der Waals surface area (Å²) in [6.45, 7) is 3.28. The first-order chi connectivity index (χ1) is 15.2. The van der Waals surface area contributed by atoms with E-state index in [1.807, 2.05) is 41.1 Å². The standard InChI is InChI=1S/C22H29N5O2S2/c1-16-15-31-22(28)26(16)11-12-30-21-25-24-20(27(21)18-8-4-3-5-9-18)14-23-17-7-6-10-19(13-17)29-2/h6-7,10,13,15,18,23H,3-5,8-9,11-12,14H2,1-2H3. The van der Waals surface area contributed by atoms with Crippen molar-refractivity contribution in [1.82, 2.24) is 19.3 Å². The number of rotatable bonds is 9. The molecule has 0 spiro atoms. The first-order valence-corrected chi connectivity index (χ1v) is 12.6. The molecule has 0 bridgehead atoms. The van der Waals surface area contributed by atoms with Gasteiger partial charge in [0.2, 0.25) is 0 Å². The molecule has 0 saturated heterocycles. The summed E-state index contributed by atoms with van der Waals surface area (Å²) in [5.74, 6) is 2.58. The van der Waals surface area contributed by atoms with Gasteiger partial charge in [-0.05, 0) is 31.9 Å². The fraction of sp³-hybridized carbons (Fsp3) is 0.500. The predicted molar refractivity (Wildman–Crippen MR) is 127 cm³/mol. The number of anilines is 1. The average molecular weight is 460 g/mol. The quantitative estimate of drug-likeness (QED) is 0.467. The van der Waals surface area contributed by atoms with E-state index >= 15 is 0 Å². The van der Waals surface area contributed by atoms with E-state index in [1.54, 1.807) is 18.9 Å². The van der Waals surface area contributed by atoms with Crippen LogP contribution in [-0.4, -0.2) is 32.2 Å². The number of nitrogens with one attached hydrogen (secondary N) is 1. The first kappa shape index (κ1) is 22.0. The minimum atomic E-state index is 0.107. The minimum absolute atomic E-state index is 0.107. The van der Waals surface area contributed by atoms with E-state index in [0.29, 0.717) is 19.1 Å². The van der Waals surface area contributed by atoms with Crippen LogP contribution >= 0.6 is 23.1 Å². The summed E-state index contributed by atoms with van der Waals surface area (Å²) in [6.07, 6.45) is 6.14. The first-order valence-electron chi connectivity index (χ1n) is 10.7. The summed E-state index contributed by atoms with van der Waals surface area (Å²) in [5.41, 5.74) is 2.02. The smallest absolute Gasteiger partial charge is 0.307 e. The number of ether oxygens (including phenoxy) is 1. The summed E-state index contributed by atoms with van der Waals surface area (Å²) in [6, 6.07) is 8.37. The molecule has 1 saturated carbocycles. The topological polar surface area (TPSA) is 74.0 Å². The molecule has 0 amide bonds. The maximum Gasteiger partial charge on any atom is 0.307 e. The lowest BCUT2D eigenvalue weighted by molar-refractivity contribution is 0.330. The van der Waals surface area contributed by atoms with Gasteiger partial charge in [0.05, 0.1) is 13.7 Å². The SMILES string of the molecule is COc1cccc(NCc2nnc(SCCn3c(C)csc3=O)n2C2CCCCC2)c1. The highest BCUT2D eigenvalue weighted by Gasteiger charge is 2.23. The maximum atomic E-state index is 12.0. The van der Waals surface area contributed by atoms with Crippen LogP contribution in [0.2, 0.25) is 0 Å². The van der Waals surface area contributed by atoms with Crippen LogP contribution in [0.5, 0.6) is 5.75 Å². The Bertz CT molecular complexity index is 1050. The van der Waals surface area contributed by atoms with Gasteiger partial charge < -0.3 is 19.2 Å². The molecule has 0 radical (unpaired) electrons. The van der Waals surface area contributed by atoms with Gasteiger partial charge in [0.1, 0.15) is 5.75 Å². The van der Waals surface area contributed by atoms with Crippen molar-refractivity contribution in [3.05, 3.63) is 50.8 Å². The molecule has 2 aromatic heterocycles. The van der Waals surface area contributed by atoms with E-state index in [2.05, 4.69) is 20.1 Å². The third-order valence-electron chi connectivity index (χ3n) is 5.72. The van der Waals surface area contributed by atoms with Gasteiger partial charge >= 0.3 is 4.87 Å². The lowest BCUT2D eigenvalue weighted by atomic mass is 9.95. The zero-order chi connectivity index (χ0) is 21.6. The zero-order valence-corrected chi connectivity index (χ0v) is 19.7. The van der Waals surface area contributed by atoms with Crippen LogP contribution in [0.1, 0.15) is 49.7 Å². The van der Waals surface area contributed by atoms with Gasteiger partial charge in [-0.25, -0.2) is 0 Å². The molecule has 0 aliphatic heterocycles. The van der Waals surface area contributed by atoms with E-state index in [1.165, 1.54) is 43.4 Å². The lowest BCUT2D eigenvalue weighted by Crippen LogP contribution is -2.19. The lowest BCUT2D eigenvalue weighted by Gasteiger charge is -2.25. The molecule has 4 rings (SSSR count). The Labute approximate surface area is 190 Å². The Morgan fingerprint density at radius 3 is 2.84 bits per heavy atom. The van der Waals surface area contributed by atoms with Crippen LogP contribution in [0.3, 0.4) is 0 Å². The summed E-state index contributed by atoms with van der Waals surface area (Å²) >= 11 is 2.95. The molecule has 9 heteroatoms. The molecule has 3 aromatic rings. The van der Waals surface area contributed by atoms with Gasteiger partial charge in [-0.3, -0.25) is 4.79 Å². The summed E-state index contributed by atoms with van der Waals surface area (Å²) in [7, 11) is 1.67. The fourth-order valence-corrected chi connectivity index (χ4v) is 5.76. The van der Waals surface area contributed by atoms with Crippen LogP contribution in [0.4, 0.5) is 5.69 Å². The molecule has 166 valence electrons. The molecule has 1 aliphatic rings. The largest absolute Gasteiger partial charge is 0.497 e. The number of aromatic nitrogens is 4. The Balaban J connectivity index is 1.48. The molecular weight excluding hydrogens is 430 g/mol. The van der Waals surface area contributed by atoms with Gasteiger partial charge in [-0.15, -0.1) is 10.2 Å². The third-order valence-corrected chi connectivity index (χ3v) is 7.52. The highest BCUT2D eigenvalue weighted by Crippen LogP contribution is 2.33. The third kappa shape index (κ3) is 5.33. The molecule has 1 fully saturated rings. The normalized spacial score (nSPS) is 14.6. The van der Waals surface area contributed by atoms with Crippen LogP contribution in [0.15, 0.2) is 39.6 Å². The van der Waals surface area contributed by atoms with Crippen LogP contribution < -0.4 is 14.9 Å². The molecule has 0 unspecified atom stereocenters. The number of thioether (sulfide) groups is 1. The van der Waals surface area contributed by atoms with Crippen molar-refractivity contribution in [1.29, 1.82) is 0 Å². The van der Waals surface area contributed by atoms with E-state index in [0.717, 1.165) is 33.9 Å². The van der Waals surface area contributed by atoms with Crippen molar-refractivity contribution in [2.45, 2.75) is 63.3 Å². The summed E-state index contributed by atoms with van der Waals surface area (Å²) < 4.78 is 9.49. The molecule has 2 heterocycles. The van der Waals surface area contributed by atoms with Gasteiger partial charge in [-0.2, -0.15) is 0 Å². The molecule has 1 N–H and O–H groups in total. The second-order valence-corrected chi connectivity index (χ2v) is 9.67. The number of benzene rings is 1. The number of hydrogen-bond acceptors (Lipinski definition) is 7. The van der Waals surface area contributed by atoms with Gasteiger partial charge in [0.15, 0.2) is 11.0 Å². The maximum absolute atomic E-state index is 12.0. The van der Waals surface area contributed by atoms with Crippen molar-refractivity contribution in [2.24, 2.45) is 0 Å². The molecule has 0 atom stereocenters. The average Bonchev–Trinajstić information content (AvgIpc) is 3.36. The molecule has 31 heavy (non-hydrogen) atoms. The number of aryl methyl sites for hydroxylation is 1. The minimum Gasteiger partial charge on any atom is -0.497 e. The summed E-state index contributed by atoms with van der Waals surface area (Å²) in [4.78, 5) is 12.1. The Kier molecular flexibility index (Phi) is 7.34. The second-order valence-electron chi connectivity index (χ2n) is 7.79. The second kappa shape index (κ2) is 10.4. The van der Waals surface area contributed by atoms with E-state index in [4.69, 9.17) is 4.74 Å². The number of nitrogens with zero attached hydrogens (tertiary/aromatic N) is 4. The number of methoxy groups -OCH3 is 1. The van der Waals surface area contributed by atoms with Crippen LogP contribution in [0.25, 0.3) is 0 Å². The molecule has 1 aliphatic carbocycles. The van der Waals surface area contributed by atoms with Crippen molar-refractivity contribution in [3.63, 3.8) is 0 Å². The van der Waals surface area contributed by atoms with Crippen molar-refractivity contribution in [2.75, 3.05) is 18.2 Å². The molecular formula is C22H29N5O2S2. The zero-order valence-electron chi connectivity index (χ0n) is 18.0. The van der Waals surface area contributed by atoms with Crippen LogP contribution in [-0.2, 0) is 13.1 Å². The van der Waals surface area contributed by atoms with Crippen molar-refractivity contribution in [3.8, 4) is 5.75 Å². The summed E-state index contributed by atoms with van der Waals surface area (Å²) in [5, 5.41) is 15.4. The highest BCUT2D eigenvalue weighted by atomic mass is 32.2. The predicted octanol–water partition coefficient (Wildman–Crippen LogP) is 4.73. The monoisotopic (exact) mass is 459 g/mol. The number of thiazole rings is 1. The van der Waals surface area contributed by atoms with Gasteiger partial charge in [0, 0.05) is 41.2 Å². The molecule has 1 aromatic carbocycles. The highest BCUT2D eigenvalue weighted by molar-refractivity contribution is 7.99. The molecule has 7 nitrogen and oxygen atoms in total. The van der Waals surface area contributed by atoms with Crippen molar-refractivity contribution < 1.29 is 4.74 Å². The van der Waals surface area contributed by atoms with E-state index < -0.39 is 0 Å². The van der Waals surface area contributed by atoms with Crippen molar-refractivity contribution >= 4 is 28.8 Å². The Hall–Kier alpha value is -2.26. The van der Waals surface area contributed by atoms with E-state index in [9.17, 15) is 4.79 Å². The van der Waals surface area contributed by atoms with Gasteiger partial charge in [0.25, 0.3) is 0 Å². The Morgan fingerprint density at radius 2 is 2.10 bits per heavy atom. The van der Waals surface area contributed by atoms with Gasteiger partial charge in [-0.1, -0.05) is 48.4 Å². The number of hydrogen-bond donors (Lipinski definition) is 1. The van der Waals surface area contributed by atoms with E-state index in [-0.39, 0.29) is 4.87 Å². The Morgan fingerprint density at radius 1 is 1.26 bits per heavy atom. The fourth-order valence-electron chi connectivity index (χ4n) is 4.05. The van der Waals surface area contributed by atoms with Crippen LogP contribution in [0, 0.1) is 6.92 Å².